The van der Waals surface area contributed by atoms with Crippen molar-refractivity contribution < 1.29 is 8.22 Å². The second-order valence-corrected chi connectivity index (χ2v) is 5.69. The highest BCUT2D eigenvalue weighted by Crippen LogP contribution is 2.12. The molecule has 0 spiro atoms. The highest BCUT2D eigenvalue weighted by atomic mass is 35.5. The minimum Gasteiger partial charge on any atom is -0.297 e. The normalized spacial score (nSPS) is 11.7. The van der Waals surface area contributed by atoms with Crippen LogP contribution >= 0.6 is 11.6 Å². The number of aromatic nitrogens is 1. The third-order valence-electron chi connectivity index (χ3n) is 1.43. The third kappa shape index (κ3) is 2.93. The molecular weight excluding hydrogens is 216 g/mol. The van der Waals surface area contributed by atoms with Gasteiger partial charge in [0.25, 0.3) is 5.56 Å². The van der Waals surface area contributed by atoms with Crippen LogP contribution in [0.5, 0.6) is 0 Å². The highest BCUT2D eigenvalue weighted by Gasteiger charge is 2.29. The van der Waals surface area contributed by atoms with Gasteiger partial charge in [0.05, 0.1) is 6.17 Å². The first-order chi connectivity index (χ1) is 5.90. The van der Waals surface area contributed by atoms with Gasteiger partial charge in [-0.25, -0.2) is 0 Å². The van der Waals surface area contributed by atoms with Crippen molar-refractivity contribution in [3.63, 3.8) is 0 Å². The predicted octanol–water partition coefficient (Wildman–Crippen LogP) is 2.05. The van der Waals surface area contributed by atoms with Gasteiger partial charge in [-0.2, -0.15) is 0 Å². The Labute approximate surface area is 80.1 Å². The van der Waals surface area contributed by atoms with Crippen LogP contribution in [0.3, 0.4) is 0 Å². The van der Waals surface area contributed by atoms with Crippen molar-refractivity contribution in [3.05, 3.63) is 33.7 Å². The van der Waals surface area contributed by atoms with Gasteiger partial charge in [-0.1, -0.05) is 17.7 Å². The Kier molecular flexibility index (Phi) is 2.87. The van der Waals surface area contributed by atoms with Gasteiger partial charge < -0.3 is 0 Å². The molecule has 0 aliphatic rings. The zero-order valence-corrected chi connectivity index (χ0v) is 8.68. The van der Waals surface area contributed by atoms with Crippen LogP contribution in [0.15, 0.2) is 23.0 Å². The maximum atomic E-state index is 12.7. The molecule has 0 N–H and O–H groups in total. The van der Waals surface area contributed by atoms with Crippen molar-refractivity contribution in [2.75, 3.05) is 0 Å². The minimum absolute atomic E-state index is 0.0570. The standard InChI is InChI=1S/C7H8ClF2NOSi/c1-13(9,10)5-11-6(8)3-2-4-7(11)12/h2-4H,5H2,1H3. The molecule has 0 aliphatic heterocycles. The molecule has 0 radical (unpaired) electrons. The van der Waals surface area contributed by atoms with E-state index >= 15 is 0 Å². The number of nitrogens with zero attached hydrogens (tertiary/aromatic N) is 1. The molecule has 2 nitrogen and oxygen atoms in total. The molecule has 6 heteroatoms. The van der Waals surface area contributed by atoms with Crippen LogP contribution in [0.4, 0.5) is 8.22 Å². The molecule has 0 atom stereocenters. The number of pyridine rings is 1. The molecule has 0 amide bonds. The van der Waals surface area contributed by atoms with Gasteiger partial charge in [0.1, 0.15) is 5.15 Å². The summed E-state index contributed by atoms with van der Waals surface area (Å²) in [5, 5.41) is 0.0570. The fourth-order valence-electron chi connectivity index (χ4n) is 0.926. The van der Waals surface area contributed by atoms with E-state index < -0.39 is 20.5 Å². The summed E-state index contributed by atoms with van der Waals surface area (Å²) in [5.41, 5.74) is -0.485. The summed E-state index contributed by atoms with van der Waals surface area (Å²) in [6.07, 6.45) is -0.550. The zero-order chi connectivity index (χ0) is 10.1. The Morgan fingerprint density at radius 2 is 2.15 bits per heavy atom. The third-order valence-corrected chi connectivity index (χ3v) is 2.63. The largest absolute Gasteiger partial charge is 0.441 e. The van der Waals surface area contributed by atoms with Crippen LogP contribution in [-0.2, 0) is 6.17 Å². The van der Waals surface area contributed by atoms with Crippen LogP contribution in [0.1, 0.15) is 0 Å². The quantitative estimate of drug-likeness (QED) is 0.427. The highest BCUT2D eigenvalue weighted by molar-refractivity contribution is 6.63. The topological polar surface area (TPSA) is 22.0 Å². The maximum Gasteiger partial charge on any atom is 0.441 e. The molecule has 1 aromatic heterocycles. The van der Waals surface area contributed by atoms with Crippen LogP contribution in [0, 0.1) is 0 Å². The smallest absolute Gasteiger partial charge is 0.297 e. The second-order valence-electron chi connectivity index (χ2n) is 2.84. The first-order valence-corrected chi connectivity index (χ1v) is 6.47. The van der Waals surface area contributed by atoms with Crippen molar-refractivity contribution in [1.82, 2.24) is 4.57 Å². The molecule has 1 aromatic rings. The Balaban J connectivity index is 3.08. The van der Waals surface area contributed by atoms with Crippen molar-refractivity contribution in [2.24, 2.45) is 0 Å². The summed E-state index contributed by atoms with van der Waals surface area (Å²) in [4.78, 5) is 11.1. The average Bonchev–Trinajstić information content (AvgIpc) is 1.95. The van der Waals surface area contributed by atoms with Crippen LogP contribution in [0.25, 0.3) is 0 Å². The van der Waals surface area contributed by atoms with E-state index in [-0.39, 0.29) is 5.15 Å². The monoisotopic (exact) mass is 223 g/mol. The maximum absolute atomic E-state index is 12.7. The summed E-state index contributed by atoms with van der Waals surface area (Å²) >= 11 is 5.59. The first kappa shape index (κ1) is 10.4. The van der Waals surface area contributed by atoms with Gasteiger partial charge in [-0.15, -0.1) is 0 Å². The van der Waals surface area contributed by atoms with Crippen molar-refractivity contribution in [2.45, 2.75) is 12.7 Å². The molecule has 0 saturated carbocycles. The van der Waals surface area contributed by atoms with Gasteiger partial charge in [0.2, 0.25) is 0 Å². The summed E-state index contributed by atoms with van der Waals surface area (Å²) < 4.78 is 26.3. The number of hydrogen-bond acceptors (Lipinski definition) is 1. The molecule has 1 heterocycles. The average molecular weight is 224 g/mol. The molecule has 0 aliphatic carbocycles. The predicted molar refractivity (Wildman–Crippen MR) is 49.5 cm³/mol. The van der Waals surface area contributed by atoms with E-state index in [2.05, 4.69) is 0 Å². The molecule has 0 saturated heterocycles. The van der Waals surface area contributed by atoms with E-state index in [1.807, 2.05) is 0 Å². The Morgan fingerprint density at radius 1 is 1.54 bits per heavy atom. The molecule has 0 bridgehead atoms. The fraction of sp³-hybridized carbons (Fsp3) is 0.286. The van der Waals surface area contributed by atoms with Crippen molar-refractivity contribution in [3.8, 4) is 0 Å². The van der Waals surface area contributed by atoms with Gasteiger partial charge in [0, 0.05) is 6.07 Å². The summed E-state index contributed by atoms with van der Waals surface area (Å²) in [6, 6.07) is 4.08. The van der Waals surface area contributed by atoms with Crippen molar-refractivity contribution in [1.29, 1.82) is 0 Å². The molecule has 72 valence electrons. The number of halogens is 3. The summed E-state index contributed by atoms with van der Waals surface area (Å²) in [6.45, 7) is 0.878. The van der Waals surface area contributed by atoms with E-state index in [9.17, 15) is 13.0 Å². The van der Waals surface area contributed by atoms with Gasteiger partial charge in [-0.05, 0) is 12.6 Å². The SMILES string of the molecule is C[Si](F)(F)Cn1c(Cl)cccc1=O. The lowest BCUT2D eigenvalue weighted by Gasteiger charge is -2.10. The minimum atomic E-state index is -4.28. The van der Waals surface area contributed by atoms with E-state index in [0.717, 1.165) is 11.1 Å². The zero-order valence-electron chi connectivity index (χ0n) is 6.93. The van der Waals surface area contributed by atoms with Crippen molar-refractivity contribution >= 4 is 20.3 Å². The second kappa shape index (κ2) is 3.59. The van der Waals surface area contributed by atoms with Gasteiger partial charge >= 0.3 is 8.74 Å². The summed E-state index contributed by atoms with van der Waals surface area (Å²) in [7, 11) is -4.28. The lowest BCUT2D eigenvalue weighted by atomic mass is 10.5. The molecule has 0 fully saturated rings. The van der Waals surface area contributed by atoms with E-state index in [1.54, 1.807) is 0 Å². The van der Waals surface area contributed by atoms with Crippen LogP contribution < -0.4 is 5.56 Å². The van der Waals surface area contributed by atoms with E-state index in [1.165, 1.54) is 18.2 Å². The van der Waals surface area contributed by atoms with E-state index in [0.29, 0.717) is 0 Å². The van der Waals surface area contributed by atoms with E-state index in [4.69, 9.17) is 11.6 Å². The van der Waals surface area contributed by atoms with Gasteiger partial charge in [-0.3, -0.25) is 17.6 Å². The Hall–Kier alpha value is -0.683. The lowest BCUT2D eigenvalue weighted by Crippen LogP contribution is -2.32. The van der Waals surface area contributed by atoms with Crippen LogP contribution in [0.2, 0.25) is 11.7 Å². The Bertz CT molecular complexity index is 360. The first-order valence-electron chi connectivity index (χ1n) is 3.63. The molecule has 13 heavy (non-hydrogen) atoms. The van der Waals surface area contributed by atoms with Crippen LogP contribution in [-0.4, -0.2) is 13.3 Å². The Morgan fingerprint density at radius 3 is 2.62 bits per heavy atom. The lowest BCUT2D eigenvalue weighted by molar-refractivity contribution is 0.567. The fourth-order valence-corrected chi connectivity index (χ4v) is 2.12. The number of rotatable bonds is 2. The molecule has 0 unspecified atom stereocenters. The number of hydrogen-bond donors (Lipinski definition) is 0. The molecular formula is C7H8ClF2NOSi. The van der Waals surface area contributed by atoms with Gasteiger partial charge in [0.15, 0.2) is 0 Å². The summed E-state index contributed by atoms with van der Waals surface area (Å²) in [5.74, 6) is 0. The molecule has 0 aromatic carbocycles. The molecule has 1 rings (SSSR count).